The molecule has 0 atom stereocenters. The van der Waals surface area contributed by atoms with Crippen LogP contribution in [-0.2, 0) is 0 Å². The Morgan fingerprint density at radius 1 is 0.889 bits per heavy atom. The lowest BCUT2D eigenvalue weighted by atomic mass is 9.74. The first-order valence-electron chi connectivity index (χ1n) is 9.67. The second-order valence-electron chi connectivity index (χ2n) is 8.25. The van der Waals surface area contributed by atoms with Gasteiger partial charge in [0.05, 0.1) is 11.9 Å². The van der Waals surface area contributed by atoms with E-state index in [0.29, 0.717) is 0 Å². The van der Waals surface area contributed by atoms with Crippen molar-refractivity contribution in [1.82, 2.24) is 0 Å². The van der Waals surface area contributed by atoms with Crippen LogP contribution in [0.5, 0.6) is 5.75 Å². The number of aromatic hydroxyl groups is 1. The summed E-state index contributed by atoms with van der Waals surface area (Å²) < 4.78 is 0. The number of nitrogens with zero attached hydrogens (tertiary/aromatic N) is 2. The van der Waals surface area contributed by atoms with Crippen LogP contribution in [-0.4, -0.2) is 56.7 Å². The summed E-state index contributed by atoms with van der Waals surface area (Å²) in [5.41, 5.74) is 3.24. The van der Waals surface area contributed by atoms with Crippen molar-refractivity contribution in [3.63, 3.8) is 0 Å². The number of benzene rings is 2. The molecule has 6 heteroatoms. The minimum absolute atomic E-state index is 0.0896. The molecule has 4 aliphatic rings. The number of quaternary nitrogens is 3. The fourth-order valence-electron chi connectivity index (χ4n) is 5.32. The minimum Gasteiger partial charge on any atom is -0.508 e. The predicted octanol–water partition coefficient (Wildman–Crippen LogP) is -2.23. The van der Waals surface area contributed by atoms with E-state index in [1.165, 1.54) is 25.6 Å². The average Bonchev–Trinajstić information content (AvgIpc) is 2.65. The summed E-state index contributed by atoms with van der Waals surface area (Å²) in [5, 5.41) is 18.9. The Morgan fingerprint density at radius 3 is 2.19 bits per heavy atom. The summed E-state index contributed by atoms with van der Waals surface area (Å²) in [6.07, 6.45) is 1.73. The van der Waals surface area contributed by atoms with Gasteiger partial charge in [0.2, 0.25) is 20.0 Å². The van der Waals surface area contributed by atoms with Crippen molar-refractivity contribution in [3.05, 3.63) is 65.7 Å². The Labute approximate surface area is 159 Å². The van der Waals surface area contributed by atoms with Crippen molar-refractivity contribution >= 4 is 11.9 Å². The third kappa shape index (κ3) is 3.16. The van der Waals surface area contributed by atoms with E-state index in [1.54, 1.807) is 33.0 Å². The van der Waals surface area contributed by atoms with E-state index in [-0.39, 0.29) is 11.2 Å². The van der Waals surface area contributed by atoms with E-state index >= 15 is 0 Å². The van der Waals surface area contributed by atoms with E-state index in [1.807, 2.05) is 12.1 Å². The van der Waals surface area contributed by atoms with Crippen LogP contribution in [0.4, 0.5) is 0 Å². The molecule has 0 amide bonds. The molecule has 27 heavy (non-hydrogen) atoms. The van der Waals surface area contributed by atoms with E-state index in [2.05, 4.69) is 35.4 Å². The highest BCUT2D eigenvalue weighted by molar-refractivity contribution is 6.05. The highest BCUT2D eigenvalue weighted by Crippen LogP contribution is 2.23. The molecule has 4 heterocycles. The molecule has 0 aromatic heterocycles. The van der Waals surface area contributed by atoms with Crippen molar-refractivity contribution in [3.8, 4) is 5.75 Å². The van der Waals surface area contributed by atoms with Gasteiger partial charge in [-0.05, 0) is 23.3 Å². The van der Waals surface area contributed by atoms with Crippen LogP contribution in [0.3, 0.4) is 0 Å². The van der Waals surface area contributed by atoms with Crippen molar-refractivity contribution in [2.24, 2.45) is 15.6 Å². The largest absolute Gasteiger partial charge is 0.508 e. The molecule has 0 spiro atoms. The normalized spacial score (nSPS) is 32.3. The van der Waals surface area contributed by atoms with Gasteiger partial charge in [0.25, 0.3) is 0 Å². The minimum atomic E-state index is 0.0896. The van der Waals surface area contributed by atoms with Gasteiger partial charge in [0, 0.05) is 0 Å². The number of phenolic OH excluding ortho intramolecular Hbond substituents is 1. The SMILES string of the molecule is Oc1cccc(/C=N\N=C(/c2ccccc2)C23C[NH+]4C[NH+](C[NH+](C4)C2)C3)c1. The maximum atomic E-state index is 9.65. The molecule has 0 saturated carbocycles. The smallest absolute Gasteiger partial charge is 0.213 e. The summed E-state index contributed by atoms with van der Waals surface area (Å²) >= 11 is 0. The molecule has 0 radical (unpaired) electrons. The Bertz CT molecular complexity index is 857. The highest BCUT2D eigenvalue weighted by Gasteiger charge is 2.60. The van der Waals surface area contributed by atoms with Gasteiger partial charge in [-0.3, -0.25) is 0 Å². The van der Waals surface area contributed by atoms with Gasteiger partial charge in [0.15, 0.2) is 5.41 Å². The molecule has 4 aliphatic heterocycles. The van der Waals surface area contributed by atoms with Crippen LogP contribution < -0.4 is 14.7 Å². The standard InChI is InChI=1S/C21H23N5O/c27-19-8-4-5-17(9-19)10-22-23-20(18-6-2-1-3-7-18)21-11-24-14-25(12-21)16-26(13-21)15-24/h1-10,27H,11-16H2/p+3/b22-10-,23-20+. The monoisotopic (exact) mass is 364 g/mol. The van der Waals surface area contributed by atoms with E-state index in [4.69, 9.17) is 5.10 Å². The van der Waals surface area contributed by atoms with Crippen molar-refractivity contribution in [1.29, 1.82) is 0 Å². The first-order chi connectivity index (χ1) is 13.2. The number of hydrogen-bond acceptors (Lipinski definition) is 3. The second-order valence-corrected chi connectivity index (χ2v) is 8.25. The maximum absolute atomic E-state index is 9.65. The highest BCUT2D eigenvalue weighted by atomic mass is 16.3. The first-order valence-corrected chi connectivity index (χ1v) is 9.67. The predicted molar refractivity (Wildman–Crippen MR) is 103 cm³/mol. The molecular formula is C21H26N5O+3. The zero-order valence-electron chi connectivity index (χ0n) is 15.4. The molecule has 4 bridgehead atoms. The summed E-state index contributed by atoms with van der Waals surface area (Å²) in [6, 6.07) is 17.6. The molecule has 0 aliphatic carbocycles. The van der Waals surface area contributed by atoms with Gasteiger partial charge < -0.3 is 5.11 Å². The van der Waals surface area contributed by atoms with Gasteiger partial charge in [-0.1, -0.05) is 42.5 Å². The lowest BCUT2D eigenvalue weighted by Crippen LogP contribution is -3.56. The number of nitrogens with one attached hydrogen (secondary N) is 3. The molecule has 2 aromatic rings. The Morgan fingerprint density at radius 2 is 1.56 bits per heavy atom. The summed E-state index contributed by atoms with van der Waals surface area (Å²) in [6.45, 7) is 7.15. The Kier molecular flexibility index (Phi) is 4.04. The van der Waals surface area contributed by atoms with Crippen LogP contribution in [0.15, 0.2) is 64.8 Å². The van der Waals surface area contributed by atoms with E-state index in [0.717, 1.165) is 30.9 Å². The zero-order valence-corrected chi connectivity index (χ0v) is 15.4. The molecule has 0 unspecified atom stereocenters. The van der Waals surface area contributed by atoms with E-state index < -0.39 is 0 Å². The van der Waals surface area contributed by atoms with Gasteiger partial charge >= 0.3 is 0 Å². The van der Waals surface area contributed by atoms with Crippen LogP contribution >= 0.6 is 0 Å². The van der Waals surface area contributed by atoms with Crippen LogP contribution in [0.1, 0.15) is 11.1 Å². The molecule has 138 valence electrons. The van der Waals surface area contributed by atoms with Crippen molar-refractivity contribution in [2.45, 2.75) is 0 Å². The number of hydrogen-bond donors (Lipinski definition) is 4. The molecule has 2 aromatic carbocycles. The summed E-state index contributed by atoms with van der Waals surface area (Å²) in [4.78, 5) is 5.05. The fourth-order valence-corrected chi connectivity index (χ4v) is 5.32. The topological polar surface area (TPSA) is 58.3 Å². The average molecular weight is 364 g/mol. The van der Waals surface area contributed by atoms with Crippen molar-refractivity contribution < 1.29 is 19.8 Å². The Hall–Kier alpha value is -2.54. The van der Waals surface area contributed by atoms with Crippen LogP contribution in [0, 0.1) is 5.41 Å². The van der Waals surface area contributed by atoms with Gasteiger partial charge in [-0.2, -0.15) is 10.2 Å². The molecule has 4 saturated heterocycles. The molecular weight excluding hydrogens is 338 g/mol. The maximum Gasteiger partial charge on any atom is 0.213 e. The van der Waals surface area contributed by atoms with E-state index in [9.17, 15) is 5.11 Å². The quantitative estimate of drug-likeness (QED) is 0.360. The zero-order chi connectivity index (χ0) is 18.3. The summed E-state index contributed by atoms with van der Waals surface area (Å²) in [5.74, 6) is 0.247. The van der Waals surface area contributed by atoms with Crippen molar-refractivity contribution in [2.75, 3.05) is 39.6 Å². The molecule has 6 nitrogen and oxygen atoms in total. The first kappa shape index (κ1) is 16.6. The molecule has 4 N–H and O–H groups in total. The van der Waals surface area contributed by atoms with Crippen LogP contribution in [0.25, 0.3) is 0 Å². The lowest BCUT2D eigenvalue weighted by molar-refractivity contribution is -1.30. The van der Waals surface area contributed by atoms with Gasteiger partial charge in [0.1, 0.15) is 25.4 Å². The molecule has 6 rings (SSSR count). The van der Waals surface area contributed by atoms with Crippen LogP contribution in [0.2, 0.25) is 0 Å². The third-order valence-corrected chi connectivity index (χ3v) is 6.05. The van der Waals surface area contributed by atoms with Gasteiger partial charge in [-0.15, -0.1) is 0 Å². The number of phenols is 1. The van der Waals surface area contributed by atoms with Gasteiger partial charge in [-0.25, -0.2) is 14.7 Å². The fraction of sp³-hybridized carbons (Fsp3) is 0.333. The Balaban J connectivity index is 1.52. The molecule has 4 fully saturated rings. The number of rotatable bonds is 4. The summed E-state index contributed by atoms with van der Waals surface area (Å²) in [7, 11) is 0. The lowest BCUT2D eigenvalue weighted by Gasteiger charge is -2.52. The third-order valence-electron chi connectivity index (χ3n) is 6.05. The second kappa shape index (κ2) is 6.56.